The smallest absolute Gasteiger partial charge is 0.107 e. The van der Waals surface area contributed by atoms with E-state index in [4.69, 9.17) is 9.47 Å². The van der Waals surface area contributed by atoms with Crippen LogP contribution in [0.5, 0.6) is 0 Å². The fraction of sp³-hybridized carbons (Fsp3) is 1.00. The van der Waals surface area contributed by atoms with E-state index in [1.54, 1.807) is 0 Å². The Kier molecular flexibility index (Phi) is 9.29. The molecule has 0 aromatic carbocycles. The maximum Gasteiger partial charge on any atom is 0.107 e. The molecule has 0 bridgehead atoms. The van der Waals surface area contributed by atoms with Crippen molar-refractivity contribution in [2.24, 2.45) is 0 Å². The van der Waals surface area contributed by atoms with Crippen molar-refractivity contribution in [3.8, 4) is 0 Å². The lowest BCUT2D eigenvalue weighted by Crippen LogP contribution is -2.30. The standard InChI is InChI=1S/C6H15NO.C4H9NO/c1-5-8-6(2)7(3)4;1-3-6-4-2-5-1/h6H,5H2,1-4H3;5H,1-4H2. The maximum absolute atomic E-state index is 5.23. The summed E-state index contributed by atoms with van der Waals surface area (Å²) in [6, 6.07) is 0. The summed E-state index contributed by atoms with van der Waals surface area (Å²) in [5, 5.41) is 3.16. The maximum atomic E-state index is 5.23. The summed E-state index contributed by atoms with van der Waals surface area (Å²) < 4.78 is 10.2. The van der Waals surface area contributed by atoms with Gasteiger partial charge in [0, 0.05) is 19.7 Å². The number of ether oxygens (including phenoxy) is 2. The van der Waals surface area contributed by atoms with Gasteiger partial charge < -0.3 is 14.8 Å². The first kappa shape index (κ1) is 13.8. The molecule has 1 rings (SSSR count). The van der Waals surface area contributed by atoms with Gasteiger partial charge in [-0.1, -0.05) is 0 Å². The van der Waals surface area contributed by atoms with Gasteiger partial charge >= 0.3 is 0 Å². The highest BCUT2D eigenvalue weighted by Gasteiger charge is 1.99. The van der Waals surface area contributed by atoms with Crippen molar-refractivity contribution in [3.63, 3.8) is 0 Å². The Labute approximate surface area is 87.6 Å². The van der Waals surface area contributed by atoms with Gasteiger partial charge in [-0.25, -0.2) is 0 Å². The van der Waals surface area contributed by atoms with Gasteiger partial charge in [-0.2, -0.15) is 0 Å². The minimum atomic E-state index is 0.250. The Morgan fingerprint density at radius 2 is 1.93 bits per heavy atom. The van der Waals surface area contributed by atoms with Gasteiger partial charge in [0.05, 0.1) is 13.2 Å². The molecule has 1 saturated heterocycles. The largest absolute Gasteiger partial charge is 0.379 e. The fourth-order valence-electron chi connectivity index (χ4n) is 0.906. The molecule has 0 saturated carbocycles. The highest BCUT2D eigenvalue weighted by Crippen LogP contribution is 1.91. The van der Waals surface area contributed by atoms with E-state index in [0.29, 0.717) is 0 Å². The number of morpholine rings is 1. The zero-order chi connectivity index (χ0) is 10.8. The number of nitrogens with one attached hydrogen (secondary N) is 1. The average Bonchev–Trinajstić information content (AvgIpc) is 2.21. The number of nitrogens with zero attached hydrogens (tertiary/aromatic N) is 1. The molecule has 86 valence electrons. The molecule has 0 spiro atoms. The van der Waals surface area contributed by atoms with Crippen LogP contribution in [0.1, 0.15) is 13.8 Å². The Bertz CT molecular complexity index is 105. The molecule has 1 heterocycles. The average molecular weight is 204 g/mol. The molecule has 4 heteroatoms. The third-order valence-electron chi connectivity index (χ3n) is 1.98. The second kappa shape index (κ2) is 9.40. The van der Waals surface area contributed by atoms with Crippen LogP contribution in [0.4, 0.5) is 0 Å². The van der Waals surface area contributed by atoms with Crippen LogP contribution in [0.2, 0.25) is 0 Å². The molecule has 1 fully saturated rings. The van der Waals surface area contributed by atoms with Crippen LogP contribution in [0.3, 0.4) is 0 Å². The minimum absolute atomic E-state index is 0.250. The van der Waals surface area contributed by atoms with Crippen LogP contribution >= 0.6 is 0 Å². The lowest BCUT2D eigenvalue weighted by molar-refractivity contribution is -0.0160. The molecule has 0 aliphatic carbocycles. The van der Waals surface area contributed by atoms with E-state index in [1.807, 2.05) is 32.8 Å². The van der Waals surface area contributed by atoms with Crippen molar-refractivity contribution < 1.29 is 9.47 Å². The van der Waals surface area contributed by atoms with Crippen molar-refractivity contribution in [3.05, 3.63) is 0 Å². The molecule has 1 N–H and O–H groups in total. The molecule has 14 heavy (non-hydrogen) atoms. The summed E-state index contributed by atoms with van der Waals surface area (Å²) in [4.78, 5) is 2.03. The first-order valence-electron chi connectivity index (χ1n) is 5.25. The number of hydrogen-bond donors (Lipinski definition) is 1. The zero-order valence-corrected chi connectivity index (χ0v) is 9.88. The summed E-state index contributed by atoms with van der Waals surface area (Å²) in [7, 11) is 4.00. The van der Waals surface area contributed by atoms with E-state index in [0.717, 1.165) is 32.9 Å². The Morgan fingerprint density at radius 1 is 1.36 bits per heavy atom. The van der Waals surface area contributed by atoms with Crippen LogP contribution in [0.25, 0.3) is 0 Å². The molecule has 1 unspecified atom stereocenters. The normalized spacial score (nSPS) is 18.6. The second-order valence-corrected chi connectivity index (χ2v) is 3.38. The Morgan fingerprint density at radius 3 is 2.07 bits per heavy atom. The molecule has 0 aromatic heterocycles. The van der Waals surface area contributed by atoms with Crippen molar-refractivity contribution in [2.45, 2.75) is 20.1 Å². The van der Waals surface area contributed by atoms with Crippen molar-refractivity contribution in [2.75, 3.05) is 47.0 Å². The van der Waals surface area contributed by atoms with E-state index in [-0.39, 0.29) is 6.23 Å². The second-order valence-electron chi connectivity index (χ2n) is 3.38. The molecule has 0 amide bonds. The van der Waals surface area contributed by atoms with E-state index < -0.39 is 0 Å². The van der Waals surface area contributed by atoms with Gasteiger partial charge in [0.15, 0.2) is 0 Å². The molecular formula is C10H24N2O2. The van der Waals surface area contributed by atoms with Crippen LogP contribution in [0, 0.1) is 0 Å². The van der Waals surface area contributed by atoms with E-state index in [9.17, 15) is 0 Å². The number of hydrogen-bond acceptors (Lipinski definition) is 4. The van der Waals surface area contributed by atoms with Crippen LogP contribution < -0.4 is 5.32 Å². The monoisotopic (exact) mass is 204 g/mol. The molecule has 1 aliphatic rings. The van der Waals surface area contributed by atoms with Gasteiger partial charge in [-0.05, 0) is 27.9 Å². The van der Waals surface area contributed by atoms with E-state index >= 15 is 0 Å². The first-order valence-corrected chi connectivity index (χ1v) is 5.25. The van der Waals surface area contributed by atoms with Crippen LogP contribution in [-0.4, -0.2) is 58.1 Å². The SMILES string of the molecule is C1COCCN1.CCOC(C)N(C)C. The highest BCUT2D eigenvalue weighted by atomic mass is 16.5. The van der Waals surface area contributed by atoms with Gasteiger partial charge in [0.2, 0.25) is 0 Å². The van der Waals surface area contributed by atoms with Gasteiger partial charge in [0.1, 0.15) is 6.23 Å². The fourth-order valence-corrected chi connectivity index (χ4v) is 0.906. The minimum Gasteiger partial charge on any atom is -0.379 e. The molecule has 0 aromatic rings. The molecular weight excluding hydrogens is 180 g/mol. The lowest BCUT2D eigenvalue weighted by atomic mass is 10.5. The van der Waals surface area contributed by atoms with Crippen molar-refractivity contribution in [1.82, 2.24) is 10.2 Å². The van der Waals surface area contributed by atoms with Crippen LogP contribution in [0.15, 0.2) is 0 Å². The Balaban J connectivity index is 0.000000249. The molecule has 1 aliphatic heterocycles. The predicted molar refractivity (Wildman–Crippen MR) is 58.5 cm³/mol. The van der Waals surface area contributed by atoms with Crippen molar-refractivity contribution in [1.29, 1.82) is 0 Å². The summed E-state index contributed by atoms with van der Waals surface area (Å²) in [5.41, 5.74) is 0. The summed E-state index contributed by atoms with van der Waals surface area (Å²) in [6.45, 7) is 8.66. The molecule has 1 atom stereocenters. The van der Waals surface area contributed by atoms with E-state index in [1.165, 1.54) is 0 Å². The predicted octanol–water partition coefficient (Wildman–Crippen LogP) is 0.537. The van der Waals surface area contributed by atoms with Gasteiger partial charge in [0.25, 0.3) is 0 Å². The zero-order valence-electron chi connectivity index (χ0n) is 9.88. The van der Waals surface area contributed by atoms with Crippen LogP contribution in [-0.2, 0) is 9.47 Å². The summed E-state index contributed by atoms with van der Waals surface area (Å²) in [6.07, 6.45) is 0.250. The third kappa shape index (κ3) is 8.44. The quantitative estimate of drug-likeness (QED) is 0.680. The first-order chi connectivity index (χ1) is 6.68. The van der Waals surface area contributed by atoms with Gasteiger partial charge in [-0.3, -0.25) is 4.90 Å². The van der Waals surface area contributed by atoms with Gasteiger partial charge in [-0.15, -0.1) is 0 Å². The highest BCUT2D eigenvalue weighted by molar-refractivity contribution is 4.49. The molecule has 0 radical (unpaired) electrons. The number of rotatable bonds is 3. The summed E-state index contributed by atoms with van der Waals surface area (Å²) in [5.74, 6) is 0. The topological polar surface area (TPSA) is 33.7 Å². The summed E-state index contributed by atoms with van der Waals surface area (Å²) >= 11 is 0. The Hall–Kier alpha value is -0.160. The molecule has 4 nitrogen and oxygen atoms in total. The van der Waals surface area contributed by atoms with Crippen molar-refractivity contribution >= 4 is 0 Å². The third-order valence-corrected chi connectivity index (χ3v) is 1.98. The lowest BCUT2D eigenvalue weighted by Gasteiger charge is -2.18. The van der Waals surface area contributed by atoms with E-state index in [2.05, 4.69) is 5.32 Å².